The predicted molar refractivity (Wildman–Crippen MR) is 42.7 cm³/mol. The number of halogens is 5. The first-order chi connectivity index (χ1) is 6.71. The summed E-state index contributed by atoms with van der Waals surface area (Å²) >= 11 is 0. The van der Waals surface area contributed by atoms with Gasteiger partial charge in [0.2, 0.25) is 0 Å². The Morgan fingerprint density at radius 1 is 1.20 bits per heavy atom. The van der Waals surface area contributed by atoms with Gasteiger partial charge in [0.05, 0.1) is 0 Å². The molecule has 0 spiro atoms. The Balaban J connectivity index is 2.36. The highest BCUT2D eigenvalue weighted by Gasteiger charge is 2.41. The van der Waals surface area contributed by atoms with Gasteiger partial charge in [-0.25, -0.2) is 8.78 Å². The third-order valence-corrected chi connectivity index (χ3v) is 2.40. The zero-order chi connectivity index (χ0) is 11.7. The minimum atomic E-state index is -4.68. The summed E-state index contributed by atoms with van der Waals surface area (Å²) in [5, 5.41) is 8.71. The van der Waals surface area contributed by atoms with E-state index in [2.05, 4.69) is 0 Å². The monoisotopic (exact) mass is 233 g/mol. The van der Waals surface area contributed by atoms with Gasteiger partial charge in [-0.3, -0.25) is 4.90 Å². The van der Waals surface area contributed by atoms with E-state index in [9.17, 15) is 22.0 Å². The summed E-state index contributed by atoms with van der Waals surface area (Å²) in [7, 11) is 0. The summed E-state index contributed by atoms with van der Waals surface area (Å²) < 4.78 is 61.1. The van der Waals surface area contributed by atoms with Crippen molar-refractivity contribution < 1.29 is 27.1 Å². The maximum atomic E-state index is 12.6. The standard InChI is InChI=1S/C8H12F5NO/c9-7(10)1-3-14(4-2-7)5-6(15)8(11,12)13/h6,15H,1-5H2/t6-/m0/s1. The van der Waals surface area contributed by atoms with Crippen molar-refractivity contribution in [1.29, 1.82) is 0 Å². The molecule has 0 aromatic carbocycles. The molecule has 0 amide bonds. The van der Waals surface area contributed by atoms with Gasteiger partial charge in [0.25, 0.3) is 5.92 Å². The lowest BCUT2D eigenvalue weighted by molar-refractivity contribution is -0.210. The van der Waals surface area contributed by atoms with Crippen molar-refractivity contribution in [2.75, 3.05) is 19.6 Å². The van der Waals surface area contributed by atoms with E-state index in [1.54, 1.807) is 0 Å². The Labute approximate surface area is 83.7 Å². The summed E-state index contributed by atoms with van der Waals surface area (Å²) in [6, 6.07) is 0. The Kier molecular flexibility index (Phi) is 3.55. The molecule has 0 aliphatic carbocycles. The van der Waals surface area contributed by atoms with Crippen LogP contribution in [0.3, 0.4) is 0 Å². The SMILES string of the molecule is O[C@@H](CN1CCC(F)(F)CC1)C(F)(F)F. The first-order valence-corrected chi connectivity index (χ1v) is 4.56. The molecular weight excluding hydrogens is 221 g/mol. The third kappa shape index (κ3) is 3.90. The summed E-state index contributed by atoms with van der Waals surface area (Å²) in [5.74, 6) is -2.78. The summed E-state index contributed by atoms with van der Waals surface area (Å²) in [5.41, 5.74) is 0. The largest absolute Gasteiger partial charge is 0.415 e. The van der Waals surface area contributed by atoms with Crippen molar-refractivity contribution in [3.63, 3.8) is 0 Å². The van der Waals surface area contributed by atoms with E-state index in [1.165, 1.54) is 4.90 Å². The molecule has 0 saturated carbocycles. The fourth-order valence-corrected chi connectivity index (χ4v) is 1.41. The van der Waals surface area contributed by atoms with Crippen molar-refractivity contribution >= 4 is 0 Å². The van der Waals surface area contributed by atoms with Crippen LogP contribution >= 0.6 is 0 Å². The highest BCUT2D eigenvalue weighted by atomic mass is 19.4. The molecule has 0 aromatic rings. The van der Waals surface area contributed by atoms with Crippen LogP contribution in [0.5, 0.6) is 0 Å². The number of likely N-dealkylation sites (tertiary alicyclic amines) is 1. The normalized spacial score (nSPS) is 25.2. The first-order valence-electron chi connectivity index (χ1n) is 4.56. The number of piperidine rings is 1. The third-order valence-electron chi connectivity index (χ3n) is 2.40. The van der Waals surface area contributed by atoms with E-state index >= 15 is 0 Å². The van der Waals surface area contributed by atoms with Gasteiger partial charge >= 0.3 is 6.18 Å². The lowest BCUT2D eigenvalue weighted by atomic mass is 10.1. The molecule has 1 heterocycles. The number of nitrogens with zero attached hydrogens (tertiary/aromatic N) is 1. The molecule has 90 valence electrons. The zero-order valence-corrected chi connectivity index (χ0v) is 7.90. The molecule has 1 saturated heterocycles. The van der Waals surface area contributed by atoms with Crippen molar-refractivity contribution in [3.05, 3.63) is 0 Å². The highest BCUT2D eigenvalue weighted by Crippen LogP contribution is 2.28. The van der Waals surface area contributed by atoms with Crippen LogP contribution in [0.4, 0.5) is 22.0 Å². The number of aliphatic hydroxyl groups excluding tert-OH is 1. The summed E-state index contributed by atoms with van der Waals surface area (Å²) in [6.45, 7) is -0.847. The zero-order valence-electron chi connectivity index (χ0n) is 7.90. The molecule has 0 unspecified atom stereocenters. The Hall–Kier alpha value is -0.430. The molecule has 1 rings (SSSR count). The minimum Gasteiger partial charge on any atom is -0.382 e. The van der Waals surface area contributed by atoms with Gasteiger partial charge in [0.15, 0.2) is 6.10 Å². The van der Waals surface area contributed by atoms with Gasteiger partial charge in [-0.15, -0.1) is 0 Å². The molecule has 7 heteroatoms. The molecule has 1 N–H and O–H groups in total. The van der Waals surface area contributed by atoms with E-state index in [4.69, 9.17) is 5.11 Å². The number of hydrogen-bond acceptors (Lipinski definition) is 2. The second kappa shape index (κ2) is 4.21. The predicted octanol–water partition coefficient (Wildman–Crippen LogP) is 1.64. The second-order valence-corrected chi connectivity index (χ2v) is 3.71. The topological polar surface area (TPSA) is 23.5 Å². The van der Waals surface area contributed by atoms with Crippen LogP contribution in [-0.2, 0) is 0 Å². The molecule has 0 bridgehead atoms. The molecule has 0 aromatic heterocycles. The van der Waals surface area contributed by atoms with Crippen molar-refractivity contribution in [1.82, 2.24) is 4.90 Å². The van der Waals surface area contributed by atoms with Gasteiger partial charge in [0.1, 0.15) is 0 Å². The lowest BCUT2D eigenvalue weighted by Gasteiger charge is -2.33. The average Bonchev–Trinajstić information content (AvgIpc) is 2.07. The highest BCUT2D eigenvalue weighted by molar-refractivity contribution is 4.80. The maximum absolute atomic E-state index is 12.6. The van der Waals surface area contributed by atoms with Crippen LogP contribution in [0.25, 0.3) is 0 Å². The van der Waals surface area contributed by atoms with Crippen LogP contribution in [0, 0.1) is 0 Å². The molecule has 15 heavy (non-hydrogen) atoms. The van der Waals surface area contributed by atoms with Crippen LogP contribution in [-0.4, -0.2) is 47.8 Å². The molecule has 1 aliphatic rings. The van der Waals surface area contributed by atoms with Gasteiger partial charge in [-0.05, 0) is 0 Å². The fourth-order valence-electron chi connectivity index (χ4n) is 1.41. The van der Waals surface area contributed by atoms with Crippen LogP contribution in [0.1, 0.15) is 12.8 Å². The van der Waals surface area contributed by atoms with Crippen molar-refractivity contribution in [3.8, 4) is 0 Å². The molecule has 2 nitrogen and oxygen atoms in total. The molecule has 0 radical (unpaired) electrons. The Bertz CT molecular complexity index is 208. The molecule has 1 atom stereocenters. The molecule has 1 fully saturated rings. The quantitative estimate of drug-likeness (QED) is 0.733. The van der Waals surface area contributed by atoms with Gasteiger partial charge < -0.3 is 5.11 Å². The lowest BCUT2D eigenvalue weighted by Crippen LogP contribution is -2.46. The van der Waals surface area contributed by atoms with E-state index in [1.807, 2.05) is 0 Å². The van der Waals surface area contributed by atoms with Crippen molar-refractivity contribution in [2.45, 2.75) is 31.0 Å². The fraction of sp³-hybridized carbons (Fsp3) is 1.00. The van der Waals surface area contributed by atoms with Crippen LogP contribution < -0.4 is 0 Å². The number of β-amino-alcohol motifs (C(OH)–C–C–N with tert-alkyl or cyclic N) is 1. The van der Waals surface area contributed by atoms with E-state index < -0.39 is 37.6 Å². The molecule has 1 aliphatic heterocycles. The summed E-state index contributed by atoms with van der Waals surface area (Å²) in [6.07, 6.45) is -8.03. The number of alkyl halides is 5. The van der Waals surface area contributed by atoms with Gasteiger partial charge in [0, 0.05) is 32.5 Å². The average molecular weight is 233 g/mol. The smallest absolute Gasteiger partial charge is 0.382 e. The second-order valence-electron chi connectivity index (χ2n) is 3.71. The van der Waals surface area contributed by atoms with Gasteiger partial charge in [-0.2, -0.15) is 13.2 Å². The minimum absolute atomic E-state index is 0.111. The van der Waals surface area contributed by atoms with Gasteiger partial charge in [-0.1, -0.05) is 0 Å². The van der Waals surface area contributed by atoms with E-state index in [0.29, 0.717) is 0 Å². The van der Waals surface area contributed by atoms with Crippen LogP contribution in [0.2, 0.25) is 0 Å². The number of rotatable bonds is 2. The van der Waals surface area contributed by atoms with Crippen LogP contribution in [0.15, 0.2) is 0 Å². The van der Waals surface area contributed by atoms with E-state index in [0.717, 1.165) is 0 Å². The Morgan fingerprint density at radius 2 is 1.67 bits per heavy atom. The van der Waals surface area contributed by atoms with Crippen molar-refractivity contribution in [2.24, 2.45) is 0 Å². The number of hydrogen-bond donors (Lipinski definition) is 1. The maximum Gasteiger partial charge on any atom is 0.415 e. The summed E-state index contributed by atoms with van der Waals surface area (Å²) in [4.78, 5) is 1.20. The molecular formula is C8H12F5NO. The Morgan fingerprint density at radius 3 is 2.07 bits per heavy atom. The van der Waals surface area contributed by atoms with E-state index in [-0.39, 0.29) is 13.1 Å². The number of aliphatic hydroxyl groups is 1. The first kappa shape index (κ1) is 12.6.